The molecule has 0 radical (unpaired) electrons. The second-order valence-corrected chi connectivity index (χ2v) is 7.64. The SMILES string of the molecule is Cc1ccc(N(C(N)=O)/C(=N/C2=NCCCCCCCN2C)N(C)C)c(C)c1. The molecule has 1 aromatic carbocycles. The highest BCUT2D eigenvalue weighted by Crippen LogP contribution is 2.22. The van der Waals surface area contributed by atoms with Gasteiger partial charge in [0.15, 0.2) is 0 Å². The van der Waals surface area contributed by atoms with Crippen LogP contribution in [0.2, 0.25) is 0 Å². The Labute approximate surface area is 168 Å². The third-order valence-electron chi connectivity index (χ3n) is 4.86. The molecule has 0 bridgehead atoms. The molecule has 28 heavy (non-hydrogen) atoms. The molecule has 1 heterocycles. The third-order valence-corrected chi connectivity index (χ3v) is 4.86. The lowest BCUT2D eigenvalue weighted by atomic mass is 10.1. The van der Waals surface area contributed by atoms with Gasteiger partial charge in [-0.15, -0.1) is 0 Å². The van der Waals surface area contributed by atoms with E-state index in [2.05, 4.69) is 4.90 Å². The van der Waals surface area contributed by atoms with Crippen LogP contribution in [-0.4, -0.2) is 62.0 Å². The van der Waals surface area contributed by atoms with Crippen LogP contribution < -0.4 is 10.6 Å². The van der Waals surface area contributed by atoms with Crippen molar-refractivity contribution in [2.45, 2.75) is 46.0 Å². The fraction of sp³-hybridized carbons (Fsp3) is 0.571. The minimum Gasteiger partial charge on any atom is -0.351 e. The molecule has 0 spiro atoms. The number of nitrogens with zero attached hydrogens (tertiary/aromatic N) is 5. The van der Waals surface area contributed by atoms with Crippen molar-refractivity contribution in [2.75, 3.05) is 39.1 Å². The number of nitrogens with two attached hydrogens (primary N) is 1. The van der Waals surface area contributed by atoms with Crippen LogP contribution in [-0.2, 0) is 0 Å². The van der Waals surface area contributed by atoms with Crippen LogP contribution in [0.25, 0.3) is 0 Å². The lowest BCUT2D eigenvalue weighted by Gasteiger charge is -2.29. The van der Waals surface area contributed by atoms with Crippen LogP contribution >= 0.6 is 0 Å². The minimum absolute atomic E-state index is 0.460. The quantitative estimate of drug-likeness (QED) is 0.594. The number of anilines is 1. The molecular formula is C21H34N6O. The highest BCUT2D eigenvalue weighted by molar-refractivity contribution is 6.17. The Kier molecular flexibility index (Phi) is 7.84. The van der Waals surface area contributed by atoms with Crippen molar-refractivity contribution in [1.29, 1.82) is 0 Å². The summed E-state index contributed by atoms with van der Waals surface area (Å²) < 4.78 is 0. The summed E-state index contributed by atoms with van der Waals surface area (Å²) in [5.41, 5.74) is 8.61. The molecule has 2 N–H and O–H groups in total. The molecule has 0 aromatic heterocycles. The molecule has 7 heteroatoms. The van der Waals surface area contributed by atoms with E-state index in [0.717, 1.165) is 42.7 Å². The molecule has 0 aliphatic carbocycles. The van der Waals surface area contributed by atoms with Gasteiger partial charge in [-0.3, -0.25) is 4.99 Å². The monoisotopic (exact) mass is 386 g/mol. The van der Waals surface area contributed by atoms with Crippen LogP contribution in [0.5, 0.6) is 0 Å². The predicted molar refractivity (Wildman–Crippen MR) is 117 cm³/mol. The Morgan fingerprint density at radius 2 is 1.82 bits per heavy atom. The van der Waals surface area contributed by atoms with E-state index in [4.69, 9.17) is 15.7 Å². The Morgan fingerprint density at radius 3 is 2.46 bits per heavy atom. The summed E-state index contributed by atoms with van der Waals surface area (Å²) in [6.45, 7) is 5.63. The molecule has 2 amide bonds. The zero-order valence-electron chi connectivity index (χ0n) is 17.9. The number of guanidine groups is 2. The molecule has 1 aliphatic heterocycles. The van der Waals surface area contributed by atoms with Crippen LogP contribution in [0, 0.1) is 13.8 Å². The Hall–Kier alpha value is -2.57. The van der Waals surface area contributed by atoms with Crippen molar-refractivity contribution in [3.63, 3.8) is 0 Å². The number of aliphatic imine (C=N–C) groups is 2. The van der Waals surface area contributed by atoms with Gasteiger partial charge in [0, 0.05) is 34.2 Å². The summed E-state index contributed by atoms with van der Waals surface area (Å²) in [5.74, 6) is 1.10. The molecule has 2 rings (SSSR count). The fourth-order valence-corrected chi connectivity index (χ4v) is 3.33. The molecule has 154 valence electrons. The van der Waals surface area contributed by atoms with Crippen molar-refractivity contribution in [1.82, 2.24) is 9.80 Å². The highest BCUT2D eigenvalue weighted by atomic mass is 16.2. The van der Waals surface area contributed by atoms with Gasteiger partial charge in [-0.25, -0.2) is 9.69 Å². The second-order valence-electron chi connectivity index (χ2n) is 7.64. The smallest absolute Gasteiger partial charge is 0.326 e. The topological polar surface area (TPSA) is 77.5 Å². The Bertz CT molecular complexity index is 740. The zero-order chi connectivity index (χ0) is 20.7. The minimum atomic E-state index is -0.567. The molecular weight excluding hydrogens is 352 g/mol. The van der Waals surface area contributed by atoms with Crippen molar-refractivity contribution < 1.29 is 4.79 Å². The van der Waals surface area contributed by atoms with E-state index < -0.39 is 6.03 Å². The molecule has 1 aliphatic rings. The average molecular weight is 387 g/mol. The Morgan fingerprint density at radius 1 is 1.14 bits per heavy atom. The van der Waals surface area contributed by atoms with Gasteiger partial charge in [0.2, 0.25) is 11.9 Å². The lowest BCUT2D eigenvalue weighted by Crippen LogP contribution is -2.48. The number of hydrogen-bond donors (Lipinski definition) is 1. The number of carbonyl (C=O) groups is 1. The van der Waals surface area contributed by atoms with E-state index >= 15 is 0 Å². The number of primary amides is 1. The molecule has 0 unspecified atom stereocenters. The van der Waals surface area contributed by atoms with E-state index in [1.807, 2.05) is 53.2 Å². The van der Waals surface area contributed by atoms with Gasteiger partial charge in [-0.1, -0.05) is 37.0 Å². The molecule has 1 aromatic rings. The van der Waals surface area contributed by atoms with Gasteiger partial charge in [-0.05, 0) is 38.3 Å². The maximum absolute atomic E-state index is 12.4. The van der Waals surface area contributed by atoms with E-state index in [0.29, 0.717) is 11.9 Å². The maximum atomic E-state index is 12.4. The van der Waals surface area contributed by atoms with Crippen molar-refractivity contribution in [2.24, 2.45) is 15.7 Å². The summed E-state index contributed by atoms with van der Waals surface area (Å²) in [6, 6.07) is 5.35. The number of aryl methyl sites for hydroxylation is 2. The molecule has 0 saturated heterocycles. The molecule has 7 nitrogen and oxygen atoms in total. The predicted octanol–water partition coefficient (Wildman–Crippen LogP) is 3.36. The largest absolute Gasteiger partial charge is 0.351 e. The number of rotatable bonds is 1. The standard InChI is InChI=1S/C21H34N6O/c1-16-11-12-18(17(2)15-16)27(19(22)28)21(25(3)4)24-20-23-13-9-7-6-8-10-14-26(20)5/h11-12,15H,6-10,13-14H2,1-5H3,(H2,22,28)/b23-20?,24-21+. The first-order valence-electron chi connectivity index (χ1n) is 9.99. The molecule has 0 fully saturated rings. The first kappa shape index (κ1) is 21.7. The molecule has 0 saturated carbocycles. The summed E-state index contributed by atoms with van der Waals surface area (Å²) >= 11 is 0. The van der Waals surface area contributed by atoms with E-state index in [-0.39, 0.29) is 0 Å². The number of carbonyl (C=O) groups excluding carboxylic acids is 1. The van der Waals surface area contributed by atoms with Gasteiger partial charge in [0.05, 0.1) is 5.69 Å². The van der Waals surface area contributed by atoms with Gasteiger partial charge in [0.25, 0.3) is 0 Å². The van der Waals surface area contributed by atoms with Crippen molar-refractivity contribution in [3.05, 3.63) is 29.3 Å². The van der Waals surface area contributed by atoms with Crippen LogP contribution in [0.1, 0.15) is 43.2 Å². The first-order chi connectivity index (χ1) is 13.3. The van der Waals surface area contributed by atoms with Crippen LogP contribution in [0.3, 0.4) is 0 Å². The maximum Gasteiger partial charge on any atom is 0.326 e. The van der Waals surface area contributed by atoms with Gasteiger partial charge in [-0.2, -0.15) is 4.99 Å². The van der Waals surface area contributed by atoms with Crippen LogP contribution in [0.15, 0.2) is 28.2 Å². The van der Waals surface area contributed by atoms with Crippen molar-refractivity contribution in [3.8, 4) is 0 Å². The van der Waals surface area contributed by atoms with Crippen LogP contribution in [0.4, 0.5) is 10.5 Å². The van der Waals surface area contributed by atoms with E-state index in [1.165, 1.54) is 24.2 Å². The third kappa shape index (κ3) is 5.71. The average Bonchev–Trinajstić information content (AvgIpc) is 2.62. The van der Waals surface area contributed by atoms with Gasteiger partial charge in [0.1, 0.15) is 0 Å². The van der Waals surface area contributed by atoms with Gasteiger partial charge < -0.3 is 15.5 Å². The lowest BCUT2D eigenvalue weighted by molar-refractivity contribution is 0.256. The summed E-state index contributed by atoms with van der Waals surface area (Å²) in [7, 11) is 5.72. The Balaban J connectivity index is 2.49. The fourth-order valence-electron chi connectivity index (χ4n) is 3.33. The number of benzene rings is 1. The first-order valence-corrected chi connectivity index (χ1v) is 9.99. The number of amides is 2. The summed E-state index contributed by atoms with van der Waals surface area (Å²) in [4.78, 5) is 27.3. The van der Waals surface area contributed by atoms with Gasteiger partial charge >= 0.3 is 6.03 Å². The second kappa shape index (κ2) is 10.1. The highest BCUT2D eigenvalue weighted by Gasteiger charge is 2.24. The number of urea groups is 1. The zero-order valence-corrected chi connectivity index (χ0v) is 17.9. The number of hydrogen-bond acceptors (Lipinski definition) is 4. The summed E-state index contributed by atoms with van der Waals surface area (Å²) in [5, 5.41) is 0. The summed E-state index contributed by atoms with van der Waals surface area (Å²) in [6.07, 6.45) is 5.84. The molecule has 0 atom stereocenters. The van der Waals surface area contributed by atoms with E-state index in [9.17, 15) is 4.79 Å². The normalized spacial score (nSPS) is 16.4. The van der Waals surface area contributed by atoms with Crippen molar-refractivity contribution >= 4 is 23.6 Å². The van der Waals surface area contributed by atoms with E-state index in [1.54, 1.807) is 4.90 Å².